The molecule has 0 aliphatic heterocycles. The standard InChI is InChI=1S/C12H24N2O/c1-4-13-8-9(2)12(15)14-10(3)7-11-5-6-11/h9-11,13H,4-8H2,1-3H3,(H,14,15). The maximum Gasteiger partial charge on any atom is 0.224 e. The van der Waals surface area contributed by atoms with E-state index in [2.05, 4.69) is 24.5 Å². The highest BCUT2D eigenvalue weighted by molar-refractivity contribution is 5.78. The molecule has 15 heavy (non-hydrogen) atoms. The molecule has 0 aromatic rings. The van der Waals surface area contributed by atoms with Crippen LogP contribution in [0.5, 0.6) is 0 Å². The van der Waals surface area contributed by atoms with Gasteiger partial charge >= 0.3 is 0 Å². The number of carbonyl (C=O) groups is 1. The third-order valence-corrected chi connectivity index (χ3v) is 2.92. The molecule has 1 fully saturated rings. The van der Waals surface area contributed by atoms with Crippen molar-refractivity contribution >= 4 is 5.91 Å². The van der Waals surface area contributed by atoms with Gasteiger partial charge < -0.3 is 10.6 Å². The second-order valence-corrected chi connectivity index (χ2v) is 4.80. The summed E-state index contributed by atoms with van der Waals surface area (Å²) in [5.41, 5.74) is 0. The average Bonchev–Trinajstić information content (AvgIpc) is 2.97. The van der Waals surface area contributed by atoms with Crippen molar-refractivity contribution in [1.29, 1.82) is 0 Å². The van der Waals surface area contributed by atoms with E-state index in [1.807, 2.05) is 6.92 Å². The Kier molecular flexibility index (Phi) is 5.09. The molecule has 1 aliphatic rings. The van der Waals surface area contributed by atoms with E-state index in [1.165, 1.54) is 12.8 Å². The molecule has 2 unspecified atom stereocenters. The Labute approximate surface area is 93.0 Å². The molecule has 3 nitrogen and oxygen atoms in total. The third-order valence-electron chi connectivity index (χ3n) is 2.92. The minimum absolute atomic E-state index is 0.0756. The molecule has 1 amide bonds. The van der Waals surface area contributed by atoms with Crippen molar-refractivity contribution in [2.24, 2.45) is 11.8 Å². The van der Waals surface area contributed by atoms with Gasteiger partial charge in [0.2, 0.25) is 5.91 Å². The van der Waals surface area contributed by atoms with E-state index in [4.69, 9.17) is 0 Å². The van der Waals surface area contributed by atoms with Crippen LogP contribution in [0.25, 0.3) is 0 Å². The molecule has 2 N–H and O–H groups in total. The van der Waals surface area contributed by atoms with Crippen molar-refractivity contribution in [3.8, 4) is 0 Å². The van der Waals surface area contributed by atoms with E-state index in [-0.39, 0.29) is 11.8 Å². The Morgan fingerprint density at radius 2 is 2.07 bits per heavy atom. The smallest absolute Gasteiger partial charge is 0.224 e. The molecule has 88 valence electrons. The predicted molar refractivity (Wildman–Crippen MR) is 62.7 cm³/mol. The summed E-state index contributed by atoms with van der Waals surface area (Å²) in [6, 6.07) is 0.342. The van der Waals surface area contributed by atoms with Crippen LogP contribution in [-0.4, -0.2) is 25.0 Å². The molecule has 3 heteroatoms. The minimum atomic E-state index is 0.0756. The zero-order valence-electron chi connectivity index (χ0n) is 10.2. The minimum Gasteiger partial charge on any atom is -0.353 e. The quantitative estimate of drug-likeness (QED) is 0.672. The van der Waals surface area contributed by atoms with E-state index >= 15 is 0 Å². The van der Waals surface area contributed by atoms with Gasteiger partial charge in [-0.2, -0.15) is 0 Å². The first-order chi connectivity index (χ1) is 7.13. The first kappa shape index (κ1) is 12.5. The van der Waals surface area contributed by atoms with Crippen LogP contribution in [-0.2, 0) is 4.79 Å². The van der Waals surface area contributed by atoms with Crippen LogP contribution in [0.4, 0.5) is 0 Å². The lowest BCUT2D eigenvalue weighted by atomic mass is 10.1. The first-order valence-electron chi connectivity index (χ1n) is 6.14. The Bertz CT molecular complexity index is 202. The molecule has 0 spiro atoms. The Balaban J connectivity index is 2.14. The summed E-state index contributed by atoms with van der Waals surface area (Å²) in [5.74, 6) is 1.14. The molecule has 0 heterocycles. The first-order valence-corrected chi connectivity index (χ1v) is 6.14. The van der Waals surface area contributed by atoms with Crippen LogP contribution < -0.4 is 10.6 Å². The third kappa shape index (κ3) is 5.17. The summed E-state index contributed by atoms with van der Waals surface area (Å²) in [6.45, 7) is 7.84. The van der Waals surface area contributed by atoms with E-state index in [0.717, 1.165) is 25.4 Å². The second kappa shape index (κ2) is 6.11. The molecule has 1 aliphatic carbocycles. The molecule has 0 radical (unpaired) electrons. The SMILES string of the molecule is CCNCC(C)C(=O)NC(C)CC1CC1. The second-order valence-electron chi connectivity index (χ2n) is 4.80. The highest BCUT2D eigenvalue weighted by Gasteiger charge is 2.24. The fourth-order valence-electron chi connectivity index (χ4n) is 1.75. The Hall–Kier alpha value is -0.570. The van der Waals surface area contributed by atoms with Gasteiger partial charge in [-0.15, -0.1) is 0 Å². The largest absolute Gasteiger partial charge is 0.353 e. The van der Waals surface area contributed by atoms with E-state index in [1.54, 1.807) is 0 Å². The average molecular weight is 212 g/mol. The van der Waals surface area contributed by atoms with Gasteiger partial charge in [-0.1, -0.05) is 26.7 Å². The maximum absolute atomic E-state index is 11.7. The lowest BCUT2D eigenvalue weighted by Crippen LogP contribution is -2.40. The predicted octanol–water partition coefficient (Wildman–Crippen LogP) is 1.54. The molecule has 0 aromatic heterocycles. The van der Waals surface area contributed by atoms with Gasteiger partial charge in [0.05, 0.1) is 0 Å². The van der Waals surface area contributed by atoms with Gasteiger partial charge in [-0.3, -0.25) is 4.79 Å². The summed E-state index contributed by atoms with van der Waals surface area (Å²) in [6.07, 6.45) is 3.86. The summed E-state index contributed by atoms with van der Waals surface area (Å²) >= 11 is 0. The summed E-state index contributed by atoms with van der Waals surface area (Å²) in [7, 11) is 0. The van der Waals surface area contributed by atoms with Crippen LogP contribution in [0.15, 0.2) is 0 Å². The fraction of sp³-hybridized carbons (Fsp3) is 0.917. The van der Waals surface area contributed by atoms with Gasteiger partial charge in [0.25, 0.3) is 0 Å². The number of carbonyl (C=O) groups excluding carboxylic acids is 1. The highest BCUT2D eigenvalue weighted by atomic mass is 16.1. The number of hydrogen-bond donors (Lipinski definition) is 2. The van der Waals surface area contributed by atoms with Crippen molar-refractivity contribution in [2.75, 3.05) is 13.1 Å². The molecule has 1 saturated carbocycles. The van der Waals surface area contributed by atoms with Gasteiger partial charge in [-0.25, -0.2) is 0 Å². The molecule has 0 bridgehead atoms. The van der Waals surface area contributed by atoms with Crippen LogP contribution in [0, 0.1) is 11.8 Å². The maximum atomic E-state index is 11.7. The topological polar surface area (TPSA) is 41.1 Å². The van der Waals surface area contributed by atoms with Crippen molar-refractivity contribution in [3.05, 3.63) is 0 Å². The number of rotatable bonds is 7. The van der Waals surface area contributed by atoms with Crippen LogP contribution in [0.2, 0.25) is 0 Å². The molecular formula is C12H24N2O. The summed E-state index contributed by atoms with van der Waals surface area (Å²) < 4.78 is 0. The van der Waals surface area contributed by atoms with Crippen LogP contribution >= 0.6 is 0 Å². The molecular weight excluding hydrogens is 188 g/mol. The van der Waals surface area contributed by atoms with Crippen LogP contribution in [0.1, 0.15) is 40.0 Å². The Morgan fingerprint density at radius 1 is 1.40 bits per heavy atom. The fourth-order valence-corrected chi connectivity index (χ4v) is 1.75. The van der Waals surface area contributed by atoms with Gasteiger partial charge in [0.15, 0.2) is 0 Å². The lowest BCUT2D eigenvalue weighted by molar-refractivity contribution is -0.125. The summed E-state index contributed by atoms with van der Waals surface area (Å²) in [5, 5.41) is 6.28. The summed E-state index contributed by atoms with van der Waals surface area (Å²) in [4.78, 5) is 11.7. The van der Waals surface area contributed by atoms with Crippen molar-refractivity contribution in [2.45, 2.75) is 46.1 Å². The van der Waals surface area contributed by atoms with Gasteiger partial charge in [0, 0.05) is 18.5 Å². The van der Waals surface area contributed by atoms with Crippen molar-refractivity contribution < 1.29 is 4.79 Å². The zero-order valence-corrected chi connectivity index (χ0v) is 10.2. The Morgan fingerprint density at radius 3 is 2.60 bits per heavy atom. The number of hydrogen-bond acceptors (Lipinski definition) is 2. The van der Waals surface area contributed by atoms with Crippen molar-refractivity contribution in [1.82, 2.24) is 10.6 Å². The van der Waals surface area contributed by atoms with Gasteiger partial charge in [-0.05, 0) is 25.8 Å². The highest BCUT2D eigenvalue weighted by Crippen LogP contribution is 2.33. The van der Waals surface area contributed by atoms with Crippen LogP contribution in [0.3, 0.4) is 0 Å². The normalized spacial score (nSPS) is 19.7. The monoisotopic (exact) mass is 212 g/mol. The number of amides is 1. The number of nitrogens with one attached hydrogen (secondary N) is 2. The van der Waals surface area contributed by atoms with Gasteiger partial charge in [0.1, 0.15) is 0 Å². The van der Waals surface area contributed by atoms with E-state index in [9.17, 15) is 4.79 Å². The molecule has 0 saturated heterocycles. The van der Waals surface area contributed by atoms with Crippen molar-refractivity contribution in [3.63, 3.8) is 0 Å². The molecule has 0 aromatic carbocycles. The van der Waals surface area contributed by atoms with E-state index < -0.39 is 0 Å². The zero-order chi connectivity index (χ0) is 11.3. The lowest BCUT2D eigenvalue weighted by Gasteiger charge is -2.17. The molecule has 1 rings (SSSR count). The molecule has 2 atom stereocenters. The van der Waals surface area contributed by atoms with E-state index in [0.29, 0.717) is 6.04 Å².